The van der Waals surface area contributed by atoms with Gasteiger partial charge in [-0.1, -0.05) is 12.1 Å². The molecule has 1 fully saturated rings. The van der Waals surface area contributed by atoms with Crippen molar-refractivity contribution >= 4 is 5.91 Å². The van der Waals surface area contributed by atoms with Gasteiger partial charge in [-0.25, -0.2) is 0 Å². The van der Waals surface area contributed by atoms with Gasteiger partial charge in [0.05, 0.1) is 17.7 Å². The molecule has 0 saturated carbocycles. The van der Waals surface area contributed by atoms with Crippen molar-refractivity contribution in [3.63, 3.8) is 0 Å². The fourth-order valence-electron chi connectivity index (χ4n) is 2.67. The maximum Gasteiger partial charge on any atom is 0.251 e. The molecule has 5 nitrogen and oxygen atoms in total. The Morgan fingerprint density at radius 2 is 1.87 bits per heavy atom. The zero-order chi connectivity index (χ0) is 16.9. The molecule has 0 aromatic heterocycles. The first-order valence-electron chi connectivity index (χ1n) is 8.16. The molecule has 5 heteroatoms. The van der Waals surface area contributed by atoms with Gasteiger partial charge >= 0.3 is 0 Å². The summed E-state index contributed by atoms with van der Waals surface area (Å²) in [6.07, 6.45) is 2.69. The van der Waals surface area contributed by atoms with Crippen molar-refractivity contribution in [1.82, 2.24) is 5.32 Å². The lowest BCUT2D eigenvalue weighted by molar-refractivity contribution is 0.0125. The molecule has 0 unspecified atom stereocenters. The number of amides is 1. The monoisotopic (exact) mass is 321 g/mol. The van der Waals surface area contributed by atoms with E-state index < -0.39 is 11.1 Å². The number of hydrogen-bond donors (Lipinski definition) is 3. The van der Waals surface area contributed by atoms with Crippen molar-refractivity contribution in [3.8, 4) is 0 Å². The number of aliphatic hydroxyl groups is 2. The first-order chi connectivity index (χ1) is 10.8. The average molecular weight is 321 g/mol. The lowest BCUT2D eigenvalue weighted by Crippen LogP contribution is -2.54. The molecule has 0 bridgehead atoms. The summed E-state index contributed by atoms with van der Waals surface area (Å²) in [7, 11) is 0. The van der Waals surface area contributed by atoms with Crippen LogP contribution in [-0.4, -0.2) is 47.1 Å². The summed E-state index contributed by atoms with van der Waals surface area (Å²) in [5, 5.41) is 22.4. The maximum atomic E-state index is 12.4. The van der Waals surface area contributed by atoms with E-state index in [9.17, 15) is 15.0 Å². The average Bonchev–Trinajstić information content (AvgIpc) is 2.53. The van der Waals surface area contributed by atoms with Gasteiger partial charge in [-0.15, -0.1) is 0 Å². The Balaban J connectivity index is 1.97. The molecule has 1 aromatic carbocycles. The number of aryl methyl sites for hydroxylation is 1. The van der Waals surface area contributed by atoms with Crippen molar-refractivity contribution in [3.05, 3.63) is 35.4 Å². The normalized spacial score (nSPS) is 17.7. The fourth-order valence-corrected chi connectivity index (χ4v) is 2.67. The van der Waals surface area contributed by atoms with Gasteiger partial charge in [-0.05, 0) is 57.2 Å². The minimum atomic E-state index is -0.688. The third kappa shape index (κ3) is 5.30. The van der Waals surface area contributed by atoms with E-state index in [4.69, 9.17) is 4.74 Å². The molecule has 1 saturated heterocycles. The second-order valence-electron chi connectivity index (χ2n) is 7.01. The number of ether oxygens (including phenoxy) is 1. The minimum absolute atomic E-state index is 0.0776. The lowest BCUT2D eigenvalue weighted by atomic mass is 9.90. The van der Waals surface area contributed by atoms with Crippen LogP contribution in [0.4, 0.5) is 0 Å². The predicted molar refractivity (Wildman–Crippen MR) is 88.4 cm³/mol. The van der Waals surface area contributed by atoms with Crippen molar-refractivity contribution in [2.45, 2.75) is 50.7 Å². The van der Waals surface area contributed by atoms with Gasteiger partial charge < -0.3 is 20.3 Å². The van der Waals surface area contributed by atoms with E-state index in [-0.39, 0.29) is 12.5 Å². The van der Waals surface area contributed by atoms with Crippen LogP contribution in [0.5, 0.6) is 0 Å². The molecule has 23 heavy (non-hydrogen) atoms. The Hall–Kier alpha value is -1.43. The summed E-state index contributed by atoms with van der Waals surface area (Å²) in [4.78, 5) is 12.4. The Morgan fingerprint density at radius 3 is 2.39 bits per heavy atom. The Kier molecular flexibility index (Phi) is 5.79. The first-order valence-corrected chi connectivity index (χ1v) is 8.16. The Morgan fingerprint density at radius 1 is 1.26 bits per heavy atom. The molecule has 1 aromatic rings. The molecule has 0 spiro atoms. The van der Waals surface area contributed by atoms with Gasteiger partial charge in [0, 0.05) is 18.8 Å². The summed E-state index contributed by atoms with van der Waals surface area (Å²) in [6.45, 7) is 4.60. The lowest BCUT2D eigenvalue weighted by Gasteiger charge is -2.36. The summed E-state index contributed by atoms with van der Waals surface area (Å²) >= 11 is 0. The Bertz CT molecular complexity index is 513. The number of benzene rings is 1. The van der Waals surface area contributed by atoms with Crippen LogP contribution < -0.4 is 5.32 Å². The zero-order valence-electron chi connectivity index (χ0n) is 14.0. The third-order valence-electron chi connectivity index (χ3n) is 4.37. The highest BCUT2D eigenvalue weighted by Crippen LogP contribution is 2.21. The van der Waals surface area contributed by atoms with Crippen molar-refractivity contribution in [2.75, 3.05) is 19.8 Å². The summed E-state index contributed by atoms with van der Waals surface area (Å²) < 4.78 is 5.30. The van der Waals surface area contributed by atoms with E-state index >= 15 is 0 Å². The number of rotatable bonds is 6. The number of carbonyl (C=O) groups is 1. The van der Waals surface area contributed by atoms with Crippen LogP contribution in [0.2, 0.25) is 0 Å². The van der Waals surface area contributed by atoms with Gasteiger partial charge in [0.15, 0.2) is 0 Å². The molecule has 0 radical (unpaired) electrons. The van der Waals surface area contributed by atoms with Gasteiger partial charge in [0.2, 0.25) is 0 Å². The molecule has 3 N–H and O–H groups in total. The number of carbonyl (C=O) groups excluding carboxylic acids is 1. The van der Waals surface area contributed by atoms with Crippen LogP contribution in [-0.2, 0) is 11.2 Å². The third-order valence-corrected chi connectivity index (χ3v) is 4.37. The maximum absolute atomic E-state index is 12.4. The van der Waals surface area contributed by atoms with E-state index in [0.29, 0.717) is 38.0 Å². The number of aliphatic hydroxyl groups excluding tert-OH is 1. The molecule has 0 atom stereocenters. The smallest absolute Gasteiger partial charge is 0.251 e. The quantitative estimate of drug-likeness (QED) is 0.744. The van der Waals surface area contributed by atoms with Crippen LogP contribution in [0.25, 0.3) is 0 Å². The molecular weight excluding hydrogens is 294 g/mol. The second-order valence-corrected chi connectivity index (χ2v) is 7.01. The Labute approximate surface area is 137 Å². The molecule has 1 amide bonds. The van der Waals surface area contributed by atoms with Crippen LogP contribution in [0.1, 0.15) is 49.0 Å². The van der Waals surface area contributed by atoms with Crippen LogP contribution in [0.15, 0.2) is 24.3 Å². The molecule has 1 heterocycles. The summed E-state index contributed by atoms with van der Waals surface area (Å²) in [5.41, 5.74) is 0.407. The first kappa shape index (κ1) is 17.9. The number of hydrogen-bond acceptors (Lipinski definition) is 4. The van der Waals surface area contributed by atoms with E-state index in [0.717, 1.165) is 12.0 Å². The molecule has 0 aliphatic carbocycles. The molecule has 128 valence electrons. The minimum Gasteiger partial charge on any atom is -0.394 e. The van der Waals surface area contributed by atoms with E-state index in [2.05, 4.69) is 5.32 Å². The topological polar surface area (TPSA) is 78.8 Å². The summed E-state index contributed by atoms with van der Waals surface area (Å²) in [5.74, 6) is -0.171. The van der Waals surface area contributed by atoms with Gasteiger partial charge in [-0.3, -0.25) is 4.79 Å². The van der Waals surface area contributed by atoms with E-state index in [1.54, 1.807) is 26.0 Å². The molecule has 1 aliphatic rings. The predicted octanol–water partition coefficient (Wildman–Crippen LogP) is 1.66. The highest BCUT2D eigenvalue weighted by atomic mass is 16.5. The number of nitrogens with one attached hydrogen (secondary N) is 1. The van der Waals surface area contributed by atoms with E-state index in [1.165, 1.54) is 0 Å². The van der Waals surface area contributed by atoms with Gasteiger partial charge in [0.1, 0.15) is 0 Å². The van der Waals surface area contributed by atoms with Crippen LogP contribution in [0, 0.1) is 0 Å². The van der Waals surface area contributed by atoms with Crippen LogP contribution in [0.3, 0.4) is 0 Å². The molecule has 2 rings (SSSR count). The van der Waals surface area contributed by atoms with Crippen molar-refractivity contribution in [1.29, 1.82) is 0 Å². The standard InChI is InChI=1S/C18H27NO4/c1-17(2,22)8-7-14-3-5-15(6-4-14)16(21)19-18(13-20)9-11-23-12-10-18/h3-6,20,22H,7-13H2,1-2H3,(H,19,21). The summed E-state index contributed by atoms with van der Waals surface area (Å²) in [6, 6.07) is 7.41. The van der Waals surface area contributed by atoms with Gasteiger partial charge in [0.25, 0.3) is 5.91 Å². The SMILES string of the molecule is CC(C)(O)CCc1ccc(C(=O)NC2(CO)CCOCC2)cc1. The highest BCUT2D eigenvalue weighted by molar-refractivity contribution is 5.94. The van der Waals surface area contributed by atoms with E-state index in [1.807, 2.05) is 12.1 Å². The van der Waals surface area contributed by atoms with Crippen molar-refractivity contribution in [2.24, 2.45) is 0 Å². The van der Waals surface area contributed by atoms with Crippen LogP contribution >= 0.6 is 0 Å². The van der Waals surface area contributed by atoms with Gasteiger partial charge in [-0.2, -0.15) is 0 Å². The molecule has 1 aliphatic heterocycles. The second kappa shape index (κ2) is 7.43. The largest absolute Gasteiger partial charge is 0.394 e. The fraction of sp³-hybridized carbons (Fsp3) is 0.611. The van der Waals surface area contributed by atoms with Crippen molar-refractivity contribution < 1.29 is 19.7 Å². The highest BCUT2D eigenvalue weighted by Gasteiger charge is 2.33. The molecular formula is C18H27NO4. The zero-order valence-corrected chi connectivity index (χ0v) is 14.0.